The Morgan fingerprint density at radius 2 is 2.06 bits per heavy atom. The van der Waals surface area contributed by atoms with Gasteiger partial charge in [0.15, 0.2) is 0 Å². The highest BCUT2D eigenvalue weighted by Crippen LogP contribution is 2.43. The molecule has 0 heterocycles. The van der Waals surface area contributed by atoms with Crippen LogP contribution in [-0.2, 0) is 9.59 Å². The maximum absolute atomic E-state index is 12.5. The summed E-state index contributed by atoms with van der Waals surface area (Å²) in [5.41, 5.74) is 0.0491. The first-order valence-electron chi connectivity index (χ1n) is 6.82. The summed E-state index contributed by atoms with van der Waals surface area (Å²) in [6, 6.07) is -0.226. The van der Waals surface area contributed by atoms with Crippen molar-refractivity contribution in [3.63, 3.8) is 0 Å². The lowest BCUT2D eigenvalue weighted by Crippen LogP contribution is -2.45. The molecule has 2 unspecified atom stereocenters. The van der Waals surface area contributed by atoms with Crippen molar-refractivity contribution in [2.45, 2.75) is 59.4 Å². The molecule has 1 aliphatic rings. The zero-order chi connectivity index (χ0) is 13.9. The van der Waals surface area contributed by atoms with Gasteiger partial charge in [-0.05, 0) is 32.1 Å². The van der Waals surface area contributed by atoms with E-state index in [9.17, 15) is 9.59 Å². The number of rotatable bonds is 5. The van der Waals surface area contributed by atoms with Gasteiger partial charge in [-0.15, -0.1) is 0 Å². The molecule has 1 fully saturated rings. The van der Waals surface area contributed by atoms with E-state index in [0.29, 0.717) is 6.54 Å². The SMILES string of the molecule is CCN(C(=O)C1CCCC1(C)C)C(C)CC(=O)O. The average Bonchev–Trinajstić information content (AvgIpc) is 2.57. The molecule has 1 rings (SSSR count). The highest BCUT2D eigenvalue weighted by Gasteiger charge is 2.41. The monoisotopic (exact) mass is 255 g/mol. The minimum atomic E-state index is -0.848. The first-order chi connectivity index (χ1) is 8.29. The maximum Gasteiger partial charge on any atom is 0.305 e. The van der Waals surface area contributed by atoms with Crippen LogP contribution in [-0.4, -0.2) is 34.5 Å². The van der Waals surface area contributed by atoms with E-state index in [1.807, 2.05) is 13.8 Å². The molecule has 0 aromatic rings. The van der Waals surface area contributed by atoms with Gasteiger partial charge in [0, 0.05) is 18.5 Å². The number of carboxylic acid groups (broad SMARTS) is 1. The highest BCUT2D eigenvalue weighted by atomic mass is 16.4. The minimum Gasteiger partial charge on any atom is -0.481 e. The van der Waals surface area contributed by atoms with Gasteiger partial charge < -0.3 is 10.0 Å². The molecule has 1 amide bonds. The first kappa shape index (κ1) is 15.0. The van der Waals surface area contributed by atoms with Crippen LogP contribution in [0.4, 0.5) is 0 Å². The van der Waals surface area contributed by atoms with E-state index in [1.165, 1.54) is 0 Å². The zero-order valence-corrected chi connectivity index (χ0v) is 11.9. The quantitative estimate of drug-likeness (QED) is 0.821. The van der Waals surface area contributed by atoms with Crippen LogP contribution in [0.3, 0.4) is 0 Å². The van der Waals surface area contributed by atoms with Gasteiger partial charge in [0.1, 0.15) is 0 Å². The molecule has 2 atom stereocenters. The third-order valence-electron chi connectivity index (χ3n) is 4.18. The van der Waals surface area contributed by atoms with Crippen molar-refractivity contribution in [1.29, 1.82) is 0 Å². The Hall–Kier alpha value is -1.06. The van der Waals surface area contributed by atoms with Crippen LogP contribution in [0.1, 0.15) is 53.4 Å². The Bertz CT molecular complexity index is 325. The number of hydrogen-bond donors (Lipinski definition) is 1. The van der Waals surface area contributed by atoms with E-state index in [0.717, 1.165) is 19.3 Å². The van der Waals surface area contributed by atoms with Gasteiger partial charge in [0.25, 0.3) is 0 Å². The van der Waals surface area contributed by atoms with Gasteiger partial charge in [-0.1, -0.05) is 20.3 Å². The summed E-state index contributed by atoms with van der Waals surface area (Å²) in [4.78, 5) is 25.0. The predicted molar refractivity (Wildman–Crippen MR) is 70.2 cm³/mol. The molecule has 0 radical (unpaired) electrons. The molecule has 4 heteroatoms. The number of amides is 1. The highest BCUT2D eigenvalue weighted by molar-refractivity contribution is 5.81. The second-order valence-corrected chi connectivity index (χ2v) is 6.00. The van der Waals surface area contributed by atoms with Gasteiger partial charge in [-0.25, -0.2) is 0 Å². The van der Waals surface area contributed by atoms with Crippen LogP contribution in [0, 0.1) is 11.3 Å². The smallest absolute Gasteiger partial charge is 0.305 e. The topological polar surface area (TPSA) is 57.6 Å². The maximum atomic E-state index is 12.5. The number of hydrogen-bond acceptors (Lipinski definition) is 2. The minimum absolute atomic E-state index is 0.0206. The third kappa shape index (κ3) is 3.24. The molecule has 0 aromatic carbocycles. The number of carbonyl (C=O) groups is 2. The number of carboxylic acids is 1. The number of nitrogens with zero attached hydrogens (tertiary/aromatic N) is 1. The normalized spacial score (nSPS) is 23.7. The lowest BCUT2D eigenvalue weighted by Gasteiger charge is -2.34. The van der Waals surface area contributed by atoms with Crippen LogP contribution >= 0.6 is 0 Å². The molecule has 104 valence electrons. The van der Waals surface area contributed by atoms with Gasteiger partial charge >= 0.3 is 5.97 Å². The van der Waals surface area contributed by atoms with Gasteiger partial charge in [-0.2, -0.15) is 0 Å². The Balaban J connectivity index is 2.76. The molecule has 4 nitrogen and oxygen atoms in total. The van der Waals surface area contributed by atoms with Crippen molar-refractivity contribution in [3.05, 3.63) is 0 Å². The number of carbonyl (C=O) groups excluding carboxylic acids is 1. The molecular formula is C14H25NO3. The Labute approximate surface area is 109 Å². The number of aliphatic carboxylic acids is 1. The standard InChI is InChI=1S/C14H25NO3/c1-5-15(10(2)9-12(16)17)13(18)11-7-6-8-14(11,3)4/h10-11H,5-9H2,1-4H3,(H,16,17). The molecule has 1 N–H and O–H groups in total. The molecule has 0 spiro atoms. The van der Waals surface area contributed by atoms with Crippen molar-refractivity contribution < 1.29 is 14.7 Å². The summed E-state index contributed by atoms with van der Waals surface area (Å²) >= 11 is 0. The Kier molecular flexibility index (Phi) is 4.77. The predicted octanol–water partition coefficient (Wildman–Crippen LogP) is 2.52. The third-order valence-corrected chi connectivity index (χ3v) is 4.18. The molecule has 0 aromatic heterocycles. The molecule has 1 saturated carbocycles. The molecule has 0 bridgehead atoms. The molecular weight excluding hydrogens is 230 g/mol. The van der Waals surface area contributed by atoms with Crippen LogP contribution < -0.4 is 0 Å². The van der Waals surface area contributed by atoms with Gasteiger partial charge in [0.05, 0.1) is 6.42 Å². The Morgan fingerprint density at radius 1 is 1.44 bits per heavy atom. The van der Waals surface area contributed by atoms with Crippen molar-refractivity contribution in [2.75, 3.05) is 6.54 Å². The summed E-state index contributed by atoms with van der Waals surface area (Å²) < 4.78 is 0. The lowest BCUT2D eigenvalue weighted by atomic mass is 9.81. The lowest BCUT2D eigenvalue weighted by molar-refractivity contribution is -0.143. The van der Waals surface area contributed by atoms with Crippen LogP contribution in [0.5, 0.6) is 0 Å². The largest absolute Gasteiger partial charge is 0.481 e. The summed E-state index contributed by atoms with van der Waals surface area (Å²) in [6.07, 6.45) is 3.12. The van der Waals surface area contributed by atoms with Crippen molar-refractivity contribution in [3.8, 4) is 0 Å². The van der Waals surface area contributed by atoms with E-state index in [2.05, 4.69) is 13.8 Å². The fourth-order valence-corrected chi connectivity index (χ4v) is 3.03. The average molecular weight is 255 g/mol. The second-order valence-electron chi connectivity index (χ2n) is 6.00. The van der Waals surface area contributed by atoms with Crippen molar-refractivity contribution in [2.24, 2.45) is 11.3 Å². The van der Waals surface area contributed by atoms with E-state index in [1.54, 1.807) is 4.90 Å². The molecule has 1 aliphatic carbocycles. The summed E-state index contributed by atoms with van der Waals surface area (Å²) in [7, 11) is 0. The fraction of sp³-hybridized carbons (Fsp3) is 0.857. The fourth-order valence-electron chi connectivity index (χ4n) is 3.03. The summed E-state index contributed by atoms with van der Waals surface area (Å²) in [5.74, 6) is -0.665. The van der Waals surface area contributed by atoms with Crippen molar-refractivity contribution >= 4 is 11.9 Å². The van der Waals surface area contributed by atoms with Crippen molar-refractivity contribution in [1.82, 2.24) is 4.90 Å². The van der Waals surface area contributed by atoms with Crippen LogP contribution in [0.15, 0.2) is 0 Å². The second kappa shape index (κ2) is 5.72. The summed E-state index contributed by atoms with van der Waals surface area (Å²) in [5, 5.41) is 8.84. The Morgan fingerprint density at radius 3 is 2.44 bits per heavy atom. The van der Waals surface area contributed by atoms with E-state index in [-0.39, 0.29) is 29.7 Å². The van der Waals surface area contributed by atoms with E-state index in [4.69, 9.17) is 5.11 Å². The molecule has 0 saturated heterocycles. The first-order valence-corrected chi connectivity index (χ1v) is 6.82. The van der Waals surface area contributed by atoms with Gasteiger partial charge in [-0.3, -0.25) is 9.59 Å². The summed E-state index contributed by atoms with van der Waals surface area (Å²) in [6.45, 7) is 8.59. The van der Waals surface area contributed by atoms with E-state index >= 15 is 0 Å². The van der Waals surface area contributed by atoms with E-state index < -0.39 is 5.97 Å². The van der Waals surface area contributed by atoms with Crippen LogP contribution in [0.25, 0.3) is 0 Å². The molecule has 18 heavy (non-hydrogen) atoms. The van der Waals surface area contributed by atoms with Crippen LogP contribution in [0.2, 0.25) is 0 Å². The zero-order valence-electron chi connectivity index (χ0n) is 11.9. The van der Waals surface area contributed by atoms with Gasteiger partial charge in [0.2, 0.25) is 5.91 Å². The molecule has 0 aliphatic heterocycles.